The van der Waals surface area contributed by atoms with Gasteiger partial charge in [-0.3, -0.25) is 4.79 Å². The predicted molar refractivity (Wildman–Crippen MR) is 112 cm³/mol. The van der Waals surface area contributed by atoms with Crippen molar-refractivity contribution < 1.29 is 9.21 Å². The van der Waals surface area contributed by atoms with Crippen LogP contribution in [0.4, 0.5) is 5.69 Å². The van der Waals surface area contributed by atoms with Crippen LogP contribution in [0.25, 0.3) is 0 Å². The topological polar surface area (TPSA) is 68.0 Å². The third kappa shape index (κ3) is 3.29. The summed E-state index contributed by atoms with van der Waals surface area (Å²) in [6, 6.07) is 6.26. The van der Waals surface area contributed by atoms with E-state index in [4.69, 9.17) is 4.42 Å². The van der Waals surface area contributed by atoms with Crippen LogP contribution in [-0.4, -0.2) is 21.9 Å². The van der Waals surface area contributed by atoms with Gasteiger partial charge in [0.2, 0.25) is 11.8 Å². The summed E-state index contributed by atoms with van der Waals surface area (Å²) in [6.07, 6.45) is 11.3. The number of carbonyl (C=O) groups excluding carboxylic acids is 1. The first-order valence-electron chi connectivity index (χ1n) is 11.0. The molecule has 0 aliphatic heterocycles. The van der Waals surface area contributed by atoms with Gasteiger partial charge in [0.15, 0.2) is 0 Å². The molecule has 1 heterocycles. The molecule has 1 amide bonds. The van der Waals surface area contributed by atoms with Crippen LogP contribution in [-0.2, 0) is 23.1 Å². The van der Waals surface area contributed by atoms with Crippen molar-refractivity contribution in [3.63, 3.8) is 0 Å². The fourth-order valence-electron chi connectivity index (χ4n) is 6.83. The molecule has 5 nitrogen and oxygen atoms in total. The van der Waals surface area contributed by atoms with Crippen molar-refractivity contribution in [3.05, 3.63) is 35.2 Å². The minimum atomic E-state index is -0.0255. The molecule has 1 N–H and O–H groups in total. The fourth-order valence-corrected chi connectivity index (χ4v) is 7.39. The second-order valence-corrected chi connectivity index (χ2v) is 10.7. The Hall–Kier alpha value is -1.82. The summed E-state index contributed by atoms with van der Waals surface area (Å²) in [7, 11) is 0. The highest BCUT2D eigenvalue weighted by Gasteiger charge is 2.54. The maximum atomic E-state index is 12.4. The fraction of sp³-hybridized carbons (Fsp3) is 0.609. The van der Waals surface area contributed by atoms with E-state index in [0.717, 1.165) is 42.2 Å². The first-order chi connectivity index (χ1) is 14.1. The Bertz CT molecular complexity index is 918. The maximum absolute atomic E-state index is 12.4. The molecule has 0 atom stereocenters. The van der Waals surface area contributed by atoms with Crippen LogP contribution in [0.3, 0.4) is 0 Å². The molecule has 0 unspecified atom stereocenters. The molecule has 1 aromatic heterocycles. The number of hydrogen-bond acceptors (Lipinski definition) is 5. The summed E-state index contributed by atoms with van der Waals surface area (Å²) in [6.45, 7) is 0. The number of hydrogen-bond donors (Lipinski definition) is 1. The number of nitrogens with one attached hydrogen (secondary N) is 1. The maximum Gasteiger partial charge on any atom is 0.277 e. The van der Waals surface area contributed by atoms with Crippen molar-refractivity contribution in [2.45, 2.75) is 68.4 Å². The lowest BCUT2D eigenvalue weighted by Crippen LogP contribution is -2.48. The quantitative estimate of drug-likeness (QED) is 0.721. The Balaban J connectivity index is 1.09. The minimum absolute atomic E-state index is 0.0255. The largest absolute Gasteiger partial charge is 0.415 e. The summed E-state index contributed by atoms with van der Waals surface area (Å²) in [5, 5.41) is 12.2. The lowest BCUT2D eigenvalue weighted by molar-refractivity contribution is -0.113. The van der Waals surface area contributed by atoms with Crippen molar-refractivity contribution >= 4 is 23.4 Å². The van der Waals surface area contributed by atoms with Gasteiger partial charge in [-0.05, 0) is 98.8 Å². The summed E-state index contributed by atoms with van der Waals surface area (Å²) in [5.74, 6) is 3.65. The zero-order chi connectivity index (χ0) is 19.4. The molecule has 29 heavy (non-hydrogen) atoms. The smallest absolute Gasteiger partial charge is 0.277 e. The van der Waals surface area contributed by atoms with Gasteiger partial charge in [0, 0.05) is 11.1 Å². The van der Waals surface area contributed by atoms with Crippen LogP contribution in [0.5, 0.6) is 0 Å². The number of aromatic nitrogens is 2. The number of anilines is 1. The Morgan fingerprint density at radius 3 is 2.55 bits per heavy atom. The van der Waals surface area contributed by atoms with Crippen LogP contribution >= 0.6 is 11.8 Å². The molecule has 5 aliphatic carbocycles. The number of aryl methyl sites for hydroxylation is 2. The minimum Gasteiger partial charge on any atom is -0.415 e. The number of nitrogens with zero attached hydrogens (tertiary/aromatic N) is 2. The summed E-state index contributed by atoms with van der Waals surface area (Å²) in [5.41, 5.74) is 3.79. The molecule has 6 heteroatoms. The van der Waals surface area contributed by atoms with Crippen molar-refractivity contribution in [2.75, 3.05) is 11.1 Å². The average molecular weight is 410 g/mol. The molecule has 1 aromatic carbocycles. The number of thioether (sulfide) groups is 1. The lowest BCUT2D eigenvalue weighted by Gasteiger charge is -2.55. The molecule has 2 aromatic rings. The van der Waals surface area contributed by atoms with Crippen LogP contribution in [0.1, 0.15) is 62.0 Å². The molecular formula is C23H27N3O2S. The van der Waals surface area contributed by atoms with Gasteiger partial charge in [-0.25, -0.2) is 0 Å². The van der Waals surface area contributed by atoms with Gasteiger partial charge in [-0.15, -0.1) is 10.2 Å². The highest BCUT2D eigenvalue weighted by atomic mass is 32.2. The molecule has 0 radical (unpaired) electrons. The number of amides is 1. The zero-order valence-electron chi connectivity index (χ0n) is 16.7. The Morgan fingerprint density at radius 2 is 1.79 bits per heavy atom. The molecule has 4 bridgehead atoms. The second kappa shape index (κ2) is 6.86. The molecule has 4 saturated carbocycles. The SMILES string of the molecule is O=C(CSc1nnc(C23CC4CC(CC(C4)C2)C3)o1)Nc1ccc2c(c1)CCC2. The van der Waals surface area contributed by atoms with Gasteiger partial charge in [0.05, 0.1) is 5.75 Å². The van der Waals surface area contributed by atoms with E-state index in [2.05, 4.69) is 27.6 Å². The van der Waals surface area contributed by atoms with Crippen molar-refractivity contribution in [2.24, 2.45) is 17.8 Å². The van der Waals surface area contributed by atoms with Crippen molar-refractivity contribution in [1.82, 2.24) is 10.2 Å². The van der Waals surface area contributed by atoms with E-state index in [1.54, 1.807) is 0 Å². The zero-order valence-corrected chi connectivity index (χ0v) is 17.5. The Kier molecular flexibility index (Phi) is 4.26. The van der Waals surface area contributed by atoms with Gasteiger partial charge < -0.3 is 9.73 Å². The standard InChI is InChI=1S/C23H27N3O2S/c27-20(24-19-5-4-17-2-1-3-18(17)9-19)13-29-22-26-25-21(28-22)23-10-14-6-15(11-23)8-16(7-14)12-23/h4-5,9,14-16H,1-3,6-8,10-13H2,(H,24,27). The Labute approximate surface area is 175 Å². The normalized spacial score (nSPS) is 31.8. The van der Waals surface area contributed by atoms with E-state index in [1.807, 2.05) is 6.07 Å². The highest BCUT2D eigenvalue weighted by Crippen LogP contribution is 2.60. The summed E-state index contributed by atoms with van der Waals surface area (Å²) < 4.78 is 6.09. The van der Waals surface area contributed by atoms with E-state index in [9.17, 15) is 4.79 Å². The predicted octanol–water partition coefficient (Wildman–Crippen LogP) is 4.76. The molecule has 0 spiro atoms. The summed E-state index contributed by atoms with van der Waals surface area (Å²) in [4.78, 5) is 12.4. The van der Waals surface area contributed by atoms with Crippen LogP contribution in [0.15, 0.2) is 27.8 Å². The number of carbonyl (C=O) groups is 1. The molecule has 7 rings (SSSR count). The van der Waals surface area contributed by atoms with Gasteiger partial charge in [0.25, 0.3) is 5.22 Å². The lowest BCUT2D eigenvalue weighted by atomic mass is 9.49. The van der Waals surface area contributed by atoms with Crippen LogP contribution < -0.4 is 5.32 Å². The van der Waals surface area contributed by atoms with E-state index in [1.165, 1.54) is 67.8 Å². The van der Waals surface area contributed by atoms with E-state index in [0.29, 0.717) is 11.0 Å². The van der Waals surface area contributed by atoms with E-state index < -0.39 is 0 Å². The first kappa shape index (κ1) is 18.0. The summed E-state index contributed by atoms with van der Waals surface area (Å²) >= 11 is 1.35. The number of benzene rings is 1. The van der Waals surface area contributed by atoms with Crippen LogP contribution in [0.2, 0.25) is 0 Å². The van der Waals surface area contributed by atoms with Crippen molar-refractivity contribution in [3.8, 4) is 0 Å². The third-order valence-electron chi connectivity index (χ3n) is 7.61. The molecule has 4 fully saturated rings. The van der Waals surface area contributed by atoms with Gasteiger partial charge >= 0.3 is 0 Å². The van der Waals surface area contributed by atoms with Gasteiger partial charge in [-0.1, -0.05) is 17.8 Å². The second-order valence-electron chi connectivity index (χ2n) is 9.74. The van der Waals surface area contributed by atoms with Crippen molar-refractivity contribution in [1.29, 1.82) is 0 Å². The first-order valence-corrected chi connectivity index (χ1v) is 12.0. The monoisotopic (exact) mass is 409 g/mol. The average Bonchev–Trinajstić information content (AvgIpc) is 3.35. The van der Waals surface area contributed by atoms with Crippen LogP contribution in [0, 0.1) is 17.8 Å². The number of rotatable bonds is 5. The highest BCUT2D eigenvalue weighted by molar-refractivity contribution is 7.99. The molecular weight excluding hydrogens is 382 g/mol. The van der Waals surface area contributed by atoms with E-state index >= 15 is 0 Å². The van der Waals surface area contributed by atoms with Gasteiger partial charge in [-0.2, -0.15) is 0 Å². The Morgan fingerprint density at radius 1 is 1.07 bits per heavy atom. The molecule has 5 aliphatic rings. The van der Waals surface area contributed by atoms with E-state index in [-0.39, 0.29) is 11.3 Å². The van der Waals surface area contributed by atoms with Gasteiger partial charge in [0.1, 0.15) is 0 Å². The number of fused-ring (bicyclic) bond motifs is 1. The molecule has 0 saturated heterocycles. The molecule has 152 valence electrons. The third-order valence-corrected chi connectivity index (χ3v) is 8.43.